The average Bonchev–Trinajstić information content (AvgIpc) is 3.47. The molecule has 1 aliphatic rings. The van der Waals surface area contributed by atoms with Gasteiger partial charge in [0.05, 0.1) is 15.6 Å². The second kappa shape index (κ2) is 11.2. The van der Waals surface area contributed by atoms with Gasteiger partial charge in [0.1, 0.15) is 5.00 Å². The molecule has 1 amide bonds. The molecule has 0 unspecified atom stereocenters. The lowest BCUT2D eigenvalue weighted by Gasteiger charge is -2.13. The van der Waals surface area contributed by atoms with Gasteiger partial charge in [-0.3, -0.25) is 4.79 Å². The topological polar surface area (TPSA) is 46.4 Å². The zero-order valence-corrected chi connectivity index (χ0v) is 24.8. The highest BCUT2D eigenvalue weighted by atomic mass is 35.5. The van der Waals surface area contributed by atoms with Crippen molar-refractivity contribution in [3.8, 4) is 0 Å². The van der Waals surface area contributed by atoms with E-state index >= 15 is 0 Å². The van der Waals surface area contributed by atoms with Crippen LogP contribution in [0.2, 0.25) is 10.0 Å². The molecule has 0 fully saturated rings. The van der Waals surface area contributed by atoms with E-state index in [1.165, 1.54) is 4.88 Å². The molecule has 0 saturated heterocycles. The normalized spacial score (nSPS) is 13.2. The van der Waals surface area contributed by atoms with Gasteiger partial charge in [-0.1, -0.05) is 53.5 Å². The molecule has 0 saturated carbocycles. The average molecular weight is 587 g/mol. The van der Waals surface area contributed by atoms with Crippen molar-refractivity contribution in [2.45, 2.75) is 46.1 Å². The van der Waals surface area contributed by atoms with Crippen LogP contribution in [0, 0.1) is 13.8 Å². The second-order valence-electron chi connectivity index (χ2n) is 10.5. The van der Waals surface area contributed by atoms with Crippen molar-refractivity contribution >= 4 is 68.3 Å². The first kappa shape index (κ1) is 26.8. The predicted octanol–water partition coefficient (Wildman–Crippen LogP) is 9.56. The molecule has 202 valence electrons. The number of nitrogens with one attached hydrogen (secondary N) is 1. The number of thiophene rings is 1. The zero-order chi connectivity index (χ0) is 27.8. The summed E-state index contributed by atoms with van der Waals surface area (Å²) in [5, 5.41) is 6.13. The summed E-state index contributed by atoms with van der Waals surface area (Å²) in [5.41, 5.74) is 8.11. The van der Waals surface area contributed by atoms with Gasteiger partial charge in [-0.2, -0.15) is 0 Å². The lowest BCUT2D eigenvalue weighted by molar-refractivity contribution is 0.102. The van der Waals surface area contributed by atoms with Gasteiger partial charge in [0, 0.05) is 46.0 Å². The van der Waals surface area contributed by atoms with Crippen LogP contribution < -0.4 is 5.32 Å². The van der Waals surface area contributed by atoms with Crippen molar-refractivity contribution in [2.75, 3.05) is 5.32 Å². The molecule has 5 aromatic rings. The second-order valence-corrected chi connectivity index (χ2v) is 12.4. The number of hydrogen-bond donors (Lipinski definition) is 1. The zero-order valence-electron chi connectivity index (χ0n) is 22.4. The van der Waals surface area contributed by atoms with Crippen LogP contribution in [0.1, 0.15) is 55.9 Å². The molecule has 0 atom stereocenters. The van der Waals surface area contributed by atoms with Crippen LogP contribution in [0.5, 0.6) is 0 Å². The van der Waals surface area contributed by atoms with Crippen LogP contribution in [-0.4, -0.2) is 16.7 Å². The quantitative estimate of drug-likeness (QED) is 0.198. The fraction of sp³-hybridized carbons (Fsp3) is 0.212. The van der Waals surface area contributed by atoms with Crippen LogP contribution in [0.4, 0.5) is 10.7 Å². The summed E-state index contributed by atoms with van der Waals surface area (Å²) < 4.78 is 2.20. The van der Waals surface area contributed by atoms with Crippen LogP contribution in [-0.2, 0) is 19.4 Å². The van der Waals surface area contributed by atoms with E-state index in [0.717, 1.165) is 80.7 Å². The van der Waals surface area contributed by atoms with Gasteiger partial charge in [0.2, 0.25) is 0 Å². The van der Waals surface area contributed by atoms with Crippen molar-refractivity contribution in [3.05, 3.63) is 115 Å². The number of halogens is 2. The Kier molecular flexibility index (Phi) is 7.54. The monoisotopic (exact) mass is 585 g/mol. The van der Waals surface area contributed by atoms with Gasteiger partial charge in [0.25, 0.3) is 5.91 Å². The molecular weight excluding hydrogens is 557 g/mol. The van der Waals surface area contributed by atoms with Crippen molar-refractivity contribution < 1.29 is 4.79 Å². The summed E-state index contributed by atoms with van der Waals surface area (Å²) in [7, 11) is 0. The maximum atomic E-state index is 13.7. The molecule has 0 radical (unpaired) electrons. The van der Waals surface area contributed by atoms with Gasteiger partial charge in [-0.15, -0.1) is 11.3 Å². The van der Waals surface area contributed by atoms with Gasteiger partial charge in [-0.25, -0.2) is 4.99 Å². The summed E-state index contributed by atoms with van der Waals surface area (Å²) in [6.45, 7) is 4.74. The third-order valence-corrected chi connectivity index (χ3v) is 9.28. The molecule has 4 nitrogen and oxygen atoms in total. The Balaban J connectivity index is 1.36. The number of para-hydroxylation sites is 1. The first-order valence-corrected chi connectivity index (χ1v) is 15.0. The van der Waals surface area contributed by atoms with Gasteiger partial charge in [0.15, 0.2) is 0 Å². The van der Waals surface area contributed by atoms with E-state index < -0.39 is 0 Å². The highest BCUT2D eigenvalue weighted by molar-refractivity contribution is 7.16. The highest BCUT2D eigenvalue weighted by Gasteiger charge is 2.25. The lowest BCUT2D eigenvalue weighted by Crippen LogP contribution is -2.15. The molecule has 2 aromatic heterocycles. The van der Waals surface area contributed by atoms with E-state index in [4.69, 9.17) is 28.2 Å². The molecule has 6 rings (SSSR count). The number of hydrogen-bond acceptors (Lipinski definition) is 3. The van der Waals surface area contributed by atoms with Crippen molar-refractivity contribution in [1.29, 1.82) is 0 Å². The van der Waals surface area contributed by atoms with Crippen LogP contribution in [0.25, 0.3) is 10.9 Å². The standard InChI is InChI=1S/C33H29Cl2N3OS/c1-20-13-21(2)15-24(14-20)37-32(39)31-26-8-4-6-10-30(26)40-33(31)36-17-23-19-38(29-9-5-3-7-25(23)29)18-22-11-12-27(34)28(35)16-22/h3,5,7,9,11-17,19H,4,6,8,10,18H2,1-2H3,(H,37,39). The summed E-state index contributed by atoms with van der Waals surface area (Å²) in [5.74, 6) is -0.0846. The van der Waals surface area contributed by atoms with E-state index in [2.05, 4.69) is 34.3 Å². The number of aliphatic imine (C=N–C) groups is 1. The number of amides is 1. The number of carbonyl (C=O) groups excluding carboxylic acids is 1. The minimum absolute atomic E-state index is 0.0846. The summed E-state index contributed by atoms with van der Waals surface area (Å²) in [6.07, 6.45) is 8.18. The Morgan fingerprint density at radius 2 is 1.77 bits per heavy atom. The SMILES string of the molecule is Cc1cc(C)cc(NC(=O)c2c(N=Cc3cn(Cc4ccc(Cl)c(Cl)c4)c4ccccc34)sc3c2CCCC3)c1. The molecule has 1 aliphatic carbocycles. The van der Waals surface area contributed by atoms with Crippen molar-refractivity contribution in [3.63, 3.8) is 0 Å². The van der Waals surface area contributed by atoms with E-state index in [1.54, 1.807) is 11.3 Å². The van der Waals surface area contributed by atoms with Gasteiger partial charge >= 0.3 is 0 Å². The van der Waals surface area contributed by atoms with E-state index in [1.807, 2.05) is 62.5 Å². The molecule has 0 bridgehead atoms. The molecule has 0 aliphatic heterocycles. The first-order valence-electron chi connectivity index (χ1n) is 13.5. The lowest BCUT2D eigenvalue weighted by atomic mass is 9.95. The van der Waals surface area contributed by atoms with Crippen molar-refractivity contribution in [1.82, 2.24) is 4.57 Å². The molecule has 0 spiro atoms. The number of aryl methyl sites for hydroxylation is 3. The summed E-state index contributed by atoms with van der Waals surface area (Å²) in [4.78, 5) is 19.9. The predicted molar refractivity (Wildman–Crippen MR) is 170 cm³/mol. The van der Waals surface area contributed by atoms with E-state index in [0.29, 0.717) is 16.6 Å². The number of nitrogens with zero attached hydrogens (tertiary/aromatic N) is 2. The Labute approximate surface area is 248 Å². The number of rotatable bonds is 6. The maximum absolute atomic E-state index is 13.7. The number of fused-ring (bicyclic) bond motifs is 2. The number of anilines is 1. The number of aromatic nitrogens is 1. The molecular formula is C33H29Cl2N3OS. The Morgan fingerprint density at radius 3 is 2.58 bits per heavy atom. The van der Waals surface area contributed by atoms with Gasteiger partial charge in [-0.05, 0) is 92.1 Å². The fourth-order valence-electron chi connectivity index (χ4n) is 5.59. The largest absolute Gasteiger partial charge is 0.342 e. The number of carbonyl (C=O) groups is 1. The van der Waals surface area contributed by atoms with Crippen LogP contribution >= 0.6 is 34.5 Å². The third kappa shape index (κ3) is 5.46. The molecule has 1 N–H and O–H groups in total. The number of benzene rings is 3. The minimum atomic E-state index is -0.0846. The molecule has 2 heterocycles. The third-order valence-electron chi connectivity index (χ3n) is 7.34. The van der Waals surface area contributed by atoms with Crippen LogP contribution in [0.3, 0.4) is 0 Å². The van der Waals surface area contributed by atoms with Crippen molar-refractivity contribution in [2.24, 2.45) is 4.99 Å². The first-order chi connectivity index (χ1) is 19.4. The smallest absolute Gasteiger partial charge is 0.259 e. The Bertz CT molecular complexity index is 1760. The summed E-state index contributed by atoms with van der Waals surface area (Å²) in [6, 6.07) is 20.1. The van der Waals surface area contributed by atoms with E-state index in [9.17, 15) is 4.79 Å². The Hall–Kier alpha value is -3.38. The maximum Gasteiger partial charge on any atom is 0.259 e. The van der Waals surface area contributed by atoms with E-state index in [-0.39, 0.29) is 5.91 Å². The van der Waals surface area contributed by atoms with Crippen LogP contribution in [0.15, 0.2) is 71.9 Å². The molecule has 40 heavy (non-hydrogen) atoms. The Morgan fingerprint density at radius 1 is 1.00 bits per heavy atom. The molecule has 7 heteroatoms. The minimum Gasteiger partial charge on any atom is -0.342 e. The fourth-order valence-corrected chi connectivity index (χ4v) is 7.14. The highest BCUT2D eigenvalue weighted by Crippen LogP contribution is 2.40. The summed E-state index contributed by atoms with van der Waals surface area (Å²) >= 11 is 14.1. The molecule has 3 aromatic carbocycles. The van der Waals surface area contributed by atoms with Gasteiger partial charge < -0.3 is 9.88 Å².